The number of aryl methyl sites for hydroxylation is 2. The van der Waals surface area contributed by atoms with Crippen LogP contribution in [0.1, 0.15) is 17.0 Å². The molecule has 5 aromatic rings. The highest BCUT2D eigenvalue weighted by molar-refractivity contribution is 5.80. The van der Waals surface area contributed by atoms with Crippen molar-refractivity contribution >= 4 is 23.8 Å². The van der Waals surface area contributed by atoms with Crippen molar-refractivity contribution in [3.05, 3.63) is 108 Å². The Kier molecular flexibility index (Phi) is 6.61. The topological polar surface area (TPSA) is 102 Å². The van der Waals surface area contributed by atoms with Gasteiger partial charge < -0.3 is 10.1 Å². The first-order valence-corrected chi connectivity index (χ1v) is 11.4. The Morgan fingerprint density at radius 2 is 1.50 bits per heavy atom. The molecular weight excluding hydrogens is 452 g/mol. The average Bonchev–Trinajstić information content (AvgIpc) is 3.23. The third-order valence-corrected chi connectivity index (χ3v) is 5.07. The van der Waals surface area contributed by atoms with E-state index in [1.165, 1.54) is 0 Å². The van der Waals surface area contributed by atoms with E-state index in [4.69, 9.17) is 4.74 Å². The van der Waals surface area contributed by atoms with Crippen LogP contribution in [-0.4, -0.2) is 30.9 Å². The lowest BCUT2D eigenvalue weighted by Crippen LogP contribution is -2.11. The molecule has 0 unspecified atom stereocenters. The number of anilines is 3. The van der Waals surface area contributed by atoms with E-state index in [9.17, 15) is 0 Å². The van der Waals surface area contributed by atoms with E-state index in [2.05, 4.69) is 35.9 Å². The van der Waals surface area contributed by atoms with Crippen LogP contribution < -0.4 is 15.5 Å². The summed E-state index contributed by atoms with van der Waals surface area (Å²) in [6.45, 7) is 3.87. The van der Waals surface area contributed by atoms with Crippen molar-refractivity contribution in [2.45, 2.75) is 13.8 Å². The first kappa shape index (κ1) is 22.7. The average molecular weight is 477 g/mol. The van der Waals surface area contributed by atoms with Crippen LogP contribution in [0.2, 0.25) is 0 Å². The van der Waals surface area contributed by atoms with Crippen molar-refractivity contribution in [2.75, 3.05) is 10.7 Å². The van der Waals surface area contributed by atoms with Gasteiger partial charge in [-0.1, -0.05) is 48.5 Å². The zero-order valence-electron chi connectivity index (χ0n) is 19.8. The number of nitrogens with one attached hydrogen (secondary N) is 2. The van der Waals surface area contributed by atoms with Crippen LogP contribution in [0.25, 0.3) is 5.95 Å². The number of nitrogens with zero attached hydrogens (tertiary/aromatic N) is 6. The van der Waals surface area contributed by atoms with Crippen LogP contribution >= 0.6 is 0 Å². The zero-order chi connectivity index (χ0) is 24.7. The normalized spacial score (nSPS) is 10.9. The van der Waals surface area contributed by atoms with Gasteiger partial charge in [0.05, 0.1) is 11.9 Å². The smallest absolute Gasteiger partial charge is 0.257 e. The van der Waals surface area contributed by atoms with E-state index in [0.29, 0.717) is 17.6 Å². The molecule has 0 atom stereocenters. The van der Waals surface area contributed by atoms with Crippen LogP contribution in [0.15, 0.2) is 96.1 Å². The molecule has 3 aromatic carbocycles. The highest BCUT2D eigenvalue weighted by Crippen LogP contribution is 2.21. The molecular formula is C27H24N8O. The molecule has 0 aliphatic rings. The quantitative estimate of drug-likeness (QED) is 0.220. The molecule has 0 fully saturated rings. The molecule has 9 heteroatoms. The highest BCUT2D eigenvalue weighted by Gasteiger charge is 2.12. The minimum atomic E-state index is 0.277. The van der Waals surface area contributed by atoms with Crippen molar-refractivity contribution < 1.29 is 4.74 Å². The molecule has 0 aliphatic carbocycles. The molecule has 5 rings (SSSR count). The molecule has 2 aromatic heterocycles. The van der Waals surface area contributed by atoms with Gasteiger partial charge in [0.25, 0.3) is 5.95 Å². The van der Waals surface area contributed by atoms with Gasteiger partial charge in [-0.3, -0.25) is 0 Å². The third kappa shape index (κ3) is 5.71. The predicted molar refractivity (Wildman–Crippen MR) is 140 cm³/mol. The Morgan fingerprint density at radius 3 is 2.25 bits per heavy atom. The lowest BCUT2D eigenvalue weighted by Gasteiger charge is -2.09. The molecule has 0 saturated carbocycles. The largest absolute Gasteiger partial charge is 0.457 e. The summed E-state index contributed by atoms with van der Waals surface area (Å²) >= 11 is 0. The van der Waals surface area contributed by atoms with E-state index < -0.39 is 0 Å². The van der Waals surface area contributed by atoms with Gasteiger partial charge in [0.2, 0.25) is 11.9 Å². The predicted octanol–water partition coefficient (Wildman–Crippen LogP) is 5.66. The number of hydrogen-bond donors (Lipinski definition) is 2. The molecule has 9 nitrogen and oxygen atoms in total. The fourth-order valence-corrected chi connectivity index (χ4v) is 3.49. The van der Waals surface area contributed by atoms with Gasteiger partial charge in [-0.15, -0.1) is 0 Å². The van der Waals surface area contributed by atoms with E-state index in [-0.39, 0.29) is 5.95 Å². The second-order valence-corrected chi connectivity index (χ2v) is 7.97. The second-order valence-electron chi connectivity index (χ2n) is 7.97. The summed E-state index contributed by atoms with van der Waals surface area (Å²) in [5.41, 5.74) is 6.40. The van der Waals surface area contributed by atoms with Gasteiger partial charge in [-0.2, -0.15) is 25.2 Å². The van der Waals surface area contributed by atoms with Crippen LogP contribution in [0, 0.1) is 13.8 Å². The summed E-state index contributed by atoms with van der Waals surface area (Å²) in [7, 11) is 0. The summed E-state index contributed by atoms with van der Waals surface area (Å²) in [6, 6.07) is 28.9. The zero-order valence-corrected chi connectivity index (χ0v) is 19.8. The molecule has 0 spiro atoms. The summed E-state index contributed by atoms with van der Waals surface area (Å²) in [4.78, 5) is 13.5. The molecule has 178 valence electrons. The van der Waals surface area contributed by atoms with Crippen molar-refractivity contribution in [1.82, 2.24) is 24.7 Å². The lowest BCUT2D eigenvalue weighted by atomic mass is 10.2. The molecule has 0 aliphatic heterocycles. The fraction of sp³-hybridized carbons (Fsp3) is 0.0741. The van der Waals surface area contributed by atoms with Gasteiger partial charge in [0.15, 0.2) is 0 Å². The maximum Gasteiger partial charge on any atom is 0.257 e. The van der Waals surface area contributed by atoms with Crippen LogP contribution in [0.3, 0.4) is 0 Å². The van der Waals surface area contributed by atoms with Crippen molar-refractivity contribution in [1.29, 1.82) is 0 Å². The van der Waals surface area contributed by atoms with Gasteiger partial charge >= 0.3 is 0 Å². The molecule has 0 saturated heterocycles. The maximum atomic E-state index is 5.90. The minimum Gasteiger partial charge on any atom is -0.457 e. The molecule has 0 bridgehead atoms. The Bertz CT molecular complexity index is 1480. The number of rotatable bonds is 8. The van der Waals surface area contributed by atoms with E-state index in [1.807, 2.05) is 105 Å². The molecule has 2 heterocycles. The summed E-state index contributed by atoms with van der Waals surface area (Å²) in [6.07, 6.45) is 1.68. The number of ether oxygens (including phenoxy) is 1. The number of aromatic nitrogens is 5. The highest BCUT2D eigenvalue weighted by atomic mass is 16.5. The monoisotopic (exact) mass is 476 g/mol. The van der Waals surface area contributed by atoms with E-state index in [0.717, 1.165) is 28.4 Å². The first-order valence-electron chi connectivity index (χ1n) is 11.4. The van der Waals surface area contributed by atoms with Gasteiger partial charge in [0, 0.05) is 11.4 Å². The second kappa shape index (κ2) is 10.5. The van der Waals surface area contributed by atoms with E-state index >= 15 is 0 Å². The number of benzene rings is 3. The Balaban J connectivity index is 1.37. The molecule has 0 amide bonds. The maximum absolute atomic E-state index is 5.90. The van der Waals surface area contributed by atoms with Crippen molar-refractivity contribution in [3.8, 4) is 17.4 Å². The lowest BCUT2D eigenvalue weighted by molar-refractivity contribution is 0.482. The minimum absolute atomic E-state index is 0.277. The number of hydrogen-bond acceptors (Lipinski definition) is 8. The van der Waals surface area contributed by atoms with Crippen LogP contribution in [0.4, 0.5) is 17.6 Å². The number of para-hydroxylation sites is 2. The third-order valence-electron chi connectivity index (χ3n) is 5.07. The molecule has 2 N–H and O–H groups in total. The van der Waals surface area contributed by atoms with Gasteiger partial charge in [0.1, 0.15) is 11.5 Å². The van der Waals surface area contributed by atoms with E-state index in [1.54, 1.807) is 10.9 Å². The SMILES string of the molecule is Cc1cc(C)n(-c2nc(N/N=C/c3cccc(Oc4ccccc4)c3)nc(Nc3ccccc3)n2)n1. The van der Waals surface area contributed by atoms with Crippen molar-refractivity contribution in [2.24, 2.45) is 5.10 Å². The Morgan fingerprint density at radius 1 is 0.778 bits per heavy atom. The summed E-state index contributed by atoms with van der Waals surface area (Å²) < 4.78 is 7.57. The van der Waals surface area contributed by atoms with Crippen LogP contribution in [0.5, 0.6) is 11.5 Å². The standard InChI is InChI=1S/C27H24N8O/c1-19-16-20(2)35(34-19)27-31-25(29-22-11-5-3-6-12-22)30-26(32-27)33-28-18-21-10-9-15-24(17-21)36-23-13-7-4-8-14-23/h3-18H,1-2H3,(H2,29,30,31,32,33)/b28-18+. The van der Waals surface area contributed by atoms with Crippen molar-refractivity contribution in [3.63, 3.8) is 0 Å². The Labute approximate surface area is 208 Å². The van der Waals surface area contributed by atoms with Crippen LogP contribution in [-0.2, 0) is 0 Å². The molecule has 36 heavy (non-hydrogen) atoms. The summed E-state index contributed by atoms with van der Waals surface area (Å²) in [5, 5.41) is 12.0. The Hall–Kier alpha value is -5.05. The van der Waals surface area contributed by atoms with Gasteiger partial charge in [-0.05, 0) is 61.9 Å². The molecule has 0 radical (unpaired) electrons. The summed E-state index contributed by atoms with van der Waals surface area (Å²) in [5.74, 6) is 2.51. The first-order chi connectivity index (χ1) is 17.6. The fourth-order valence-electron chi connectivity index (χ4n) is 3.49. The van der Waals surface area contributed by atoms with Gasteiger partial charge in [-0.25, -0.2) is 10.1 Å². The number of hydrazone groups is 1.